The number of anilines is 1. The van der Waals surface area contributed by atoms with Crippen LogP contribution in [0.15, 0.2) is 48.5 Å². The molecule has 2 saturated heterocycles. The van der Waals surface area contributed by atoms with Crippen LogP contribution in [0.25, 0.3) is 0 Å². The van der Waals surface area contributed by atoms with Gasteiger partial charge in [-0.15, -0.1) is 0 Å². The predicted molar refractivity (Wildman–Crippen MR) is 109 cm³/mol. The molecule has 0 atom stereocenters. The van der Waals surface area contributed by atoms with Crippen LogP contribution in [0.4, 0.5) is 19.3 Å². The van der Waals surface area contributed by atoms with E-state index in [4.69, 9.17) is 0 Å². The summed E-state index contributed by atoms with van der Waals surface area (Å²) < 4.78 is 27.8. The van der Waals surface area contributed by atoms with E-state index >= 15 is 0 Å². The second-order valence-corrected chi connectivity index (χ2v) is 7.54. The number of benzene rings is 2. The lowest BCUT2D eigenvalue weighted by Crippen LogP contribution is -2.51. The van der Waals surface area contributed by atoms with Crippen molar-refractivity contribution in [1.82, 2.24) is 14.7 Å². The highest BCUT2D eigenvalue weighted by molar-refractivity contribution is 5.85. The highest BCUT2D eigenvalue weighted by atomic mass is 19.1. The highest BCUT2D eigenvalue weighted by Crippen LogP contribution is 2.21. The van der Waals surface area contributed by atoms with E-state index in [0.29, 0.717) is 50.5 Å². The largest absolute Gasteiger partial charge is 0.366 e. The molecule has 158 valence electrons. The van der Waals surface area contributed by atoms with Gasteiger partial charge in [-0.05, 0) is 18.2 Å². The third-order valence-electron chi connectivity index (χ3n) is 5.65. The number of para-hydroxylation sites is 1. The lowest BCUT2D eigenvalue weighted by atomic mass is 10.2. The molecular weight excluding hydrogens is 390 g/mol. The van der Waals surface area contributed by atoms with Crippen LogP contribution in [0, 0.1) is 11.6 Å². The Balaban J connectivity index is 1.29. The van der Waals surface area contributed by atoms with Crippen molar-refractivity contribution in [3.8, 4) is 0 Å². The summed E-state index contributed by atoms with van der Waals surface area (Å²) in [6, 6.07) is 12.7. The summed E-state index contributed by atoms with van der Waals surface area (Å²) >= 11 is 0. The van der Waals surface area contributed by atoms with Crippen molar-refractivity contribution < 1.29 is 18.4 Å². The minimum Gasteiger partial charge on any atom is -0.366 e. The van der Waals surface area contributed by atoms with Crippen LogP contribution in [-0.2, 0) is 11.3 Å². The molecule has 2 heterocycles. The van der Waals surface area contributed by atoms with Gasteiger partial charge in [0.15, 0.2) is 0 Å². The summed E-state index contributed by atoms with van der Waals surface area (Å²) in [4.78, 5) is 32.0. The maximum Gasteiger partial charge on any atom is 0.320 e. The molecule has 0 aromatic heterocycles. The van der Waals surface area contributed by atoms with Gasteiger partial charge >= 0.3 is 6.03 Å². The molecule has 0 N–H and O–H groups in total. The van der Waals surface area contributed by atoms with E-state index in [2.05, 4.69) is 0 Å². The first-order chi connectivity index (χ1) is 14.5. The molecule has 2 aliphatic rings. The zero-order chi connectivity index (χ0) is 21.1. The summed E-state index contributed by atoms with van der Waals surface area (Å²) in [5.41, 5.74) is 1.01. The summed E-state index contributed by atoms with van der Waals surface area (Å²) in [5, 5.41) is 0. The van der Waals surface area contributed by atoms with Gasteiger partial charge in [0.05, 0.1) is 12.2 Å². The molecule has 6 nitrogen and oxygen atoms in total. The molecule has 2 aromatic carbocycles. The number of hydrogen-bond acceptors (Lipinski definition) is 3. The van der Waals surface area contributed by atoms with Crippen LogP contribution in [0.1, 0.15) is 5.56 Å². The number of nitrogens with zero attached hydrogens (tertiary/aromatic N) is 4. The number of halogens is 2. The smallest absolute Gasteiger partial charge is 0.320 e. The number of urea groups is 1. The third-order valence-corrected chi connectivity index (χ3v) is 5.65. The molecule has 0 bridgehead atoms. The molecule has 0 spiro atoms. The molecule has 0 radical (unpaired) electrons. The van der Waals surface area contributed by atoms with E-state index in [1.807, 2.05) is 4.90 Å². The third kappa shape index (κ3) is 4.22. The minimum atomic E-state index is -0.340. The number of hydrogen-bond donors (Lipinski definition) is 0. The predicted octanol–water partition coefficient (Wildman–Crippen LogP) is 2.55. The maximum absolute atomic E-state index is 14.0. The molecule has 2 aliphatic heterocycles. The van der Waals surface area contributed by atoms with E-state index in [1.54, 1.807) is 46.2 Å². The van der Waals surface area contributed by atoms with Crippen LogP contribution in [-0.4, -0.2) is 72.5 Å². The second-order valence-electron chi connectivity index (χ2n) is 7.54. The van der Waals surface area contributed by atoms with E-state index in [1.165, 1.54) is 17.0 Å². The Morgan fingerprint density at radius 2 is 1.43 bits per heavy atom. The van der Waals surface area contributed by atoms with Gasteiger partial charge in [0, 0.05) is 44.8 Å². The standard InChI is InChI=1S/C22H24F2N4O2/c23-18-6-2-1-5-17(18)15-27-13-14-28(22(27)30)16-21(29)26-11-9-25(10-12-26)20-8-4-3-7-19(20)24/h1-8H,9-16H2. The number of carbonyl (C=O) groups excluding carboxylic acids is 2. The fourth-order valence-electron chi connectivity index (χ4n) is 3.93. The van der Waals surface area contributed by atoms with Crippen molar-refractivity contribution in [2.45, 2.75) is 6.54 Å². The summed E-state index contributed by atoms with van der Waals surface area (Å²) in [5.74, 6) is -0.730. The van der Waals surface area contributed by atoms with Gasteiger partial charge in [-0.1, -0.05) is 30.3 Å². The first kappa shape index (κ1) is 20.1. The van der Waals surface area contributed by atoms with Crippen LogP contribution >= 0.6 is 0 Å². The summed E-state index contributed by atoms with van der Waals surface area (Å²) in [7, 11) is 0. The second kappa shape index (κ2) is 8.69. The number of piperazine rings is 1. The van der Waals surface area contributed by atoms with E-state index in [9.17, 15) is 18.4 Å². The molecule has 2 aromatic rings. The van der Waals surface area contributed by atoms with E-state index < -0.39 is 0 Å². The quantitative estimate of drug-likeness (QED) is 0.756. The minimum absolute atomic E-state index is 0.00625. The van der Waals surface area contributed by atoms with Crippen LogP contribution in [0.2, 0.25) is 0 Å². The topological polar surface area (TPSA) is 47.1 Å². The fourth-order valence-corrected chi connectivity index (χ4v) is 3.93. The van der Waals surface area contributed by atoms with Gasteiger partial charge in [0.25, 0.3) is 0 Å². The van der Waals surface area contributed by atoms with Crippen molar-refractivity contribution in [3.05, 3.63) is 65.7 Å². The van der Waals surface area contributed by atoms with Crippen molar-refractivity contribution in [2.75, 3.05) is 50.7 Å². The van der Waals surface area contributed by atoms with Crippen molar-refractivity contribution in [2.24, 2.45) is 0 Å². The van der Waals surface area contributed by atoms with Crippen molar-refractivity contribution in [3.63, 3.8) is 0 Å². The van der Waals surface area contributed by atoms with Crippen molar-refractivity contribution in [1.29, 1.82) is 0 Å². The molecular formula is C22H24F2N4O2. The number of carbonyl (C=O) groups is 2. The molecule has 8 heteroatoms. The summed E-state index contributed by atoms with van der Waals surface area (Å²) in [6.07, 6.45) is 0. The Kier molecular flexibility index (Phi) is 5.83. The zero-order valence-electron chi connectivity index (χ0n) is 16.6. The van der Waals surface area contributed by atoms with Crippen LogP contribution in [0.3, 0.4) is 0 Å². The molecule has 0 unspecified atom stereocenters. The molecule has 2 fully saturated rings. The Labute approximate surface area is 174 Å². The Bertz CT molecular complexity index is 931. The van der Waals surface area contributed by atoms with Crippen LogP contribution in [0.5, 0.6) is 0 Å². The van der Waals surface area contributed by atoms with Gasteiger partial charge in [-0.25, -0.2) is 13.6 Å². The van der Waals surface area contributed by atoms with Gasteiger partial charge in [-0.3, -0.25) is 4.79 Å². The molecule has 30 heavy (non-hydrogen) atoms. The average molecular weight is 414 g/mol. The first-order valence-corrected chi connectivity index (χ1v) is 10.1. The highest BCUT2D eigenvalue weighted by Gasteiger charge is 2.32. The molecule has 4 rings (SSSR count). The van der Waals surface area contributed by atoms with E-state index in [-0.39, 0.29) is 36.7 Å². The SMILES string of the molecule is O=C(CN1CCN(Cc2ccccc2F)C1=O)N1CCN(c2ccccc2F)CC1. The van der Waals surface area contributed by atoms with E-state index in [0.717, 1.165) is 0 Å². The number of amides is 3. The van der Waals surface area contributed by atoms with Gasteiger partial charge < -0.3 is 19.6 Å². The lowest BCUT2D eigenvalue weighted by molar-refractivity contribution is -0.131. The summed E-state index contributed by atoms with van der Waals surface area (Å²) in [6.45, 7) is 3.14. The van der Waals surface area contributed by atoms with Crippen LogP contribution < -0.4 is 4.90 Å². The zero-order valence-corrected chi connectivity index (χ0v) is 16.6. The first-order valence-electron chi connectivity index (χ1n) is 10.1. The Morgan fingerprint density at radius 3 is 2.13 bits per heavy atom. The fraction of sp³-hybridized carbons (Fsp3) is 0.364. The maximum atomic E-state index is 14.0. The molecule has 0 saturated carbocycles. The number of rotatable bonds is 5. The monoisotopic (exact) mass is 414 g/mol. The molecule has 3 amide bonds. The van der Waals surface area contributed by atoms with Crippen molar-refractivity contribution >= 4 is 17.6 Å². The normalized spacial score (nSPS) is 17.1. The molecule has 0 aliphatic carbocycles. The van der Waals surface area contributed by atoms with Gasteiger partial charge in [0.2, 0.25) is 5.91 Å². The van der Waals surface area contributed by atoms with Gasteiger partial charge in [-0.2, -0.15) is 0 Å². The average Bonchev–Trinajstić information content (AvgIpc) is 3.09. The Hall–Kier alpha value is -3.16. The van der Waals surface area contributed by atoms with Gasteiger partial charge in [0.1, 0.15) is 18.2 Å². The lowest BCUT2D eigenvalue weighted by Gasteiger charge is -2.36. The Morgan fingerprint density at radius 1 is 0.800 bits per heavy atom.